The molecule has 2 aliphatic rings. The molecule has 1 saturated carbocycles. The Labute approximate surface area is 155 Å². The van der Waals surface area contributed by atoms with Gasteiger partial charge in [0.1, 0.15) is 0 Å². The third-order valence-electron chi connectivity index (χ3n) is 5.50. The van der Waals surface area contributed by atoms with Crippen molar-refractivity contribution in [3.63, 3.8) is 0 Å². The van der Waals surface area contributed by atoms with Gasteiger partial charge in [0.05, 0.1) is 6.54 Å². The number of amides is 1. The number of hydrogen-bond donors (Lipinski definition) is 2. The number of rotatable bonds is 8. The predicted octanol–water partition coefficient (Wildman–Crippen LogP) is 1.95. The summed E-state index contributed by atoms with van der Waals surface area (Å²) in [5, 5.41) is 12.0. The standard InChI is InChI=1S/C20H29N3O3/c1-2-23(14-19(24)25)18-11-17(12-18)21-20(26)16-7-5-6-15(10-16)13-22-8-3-4-9-22/h5-7,10,17-18H,2-4,8-9,11-14H2,1H3,(H,21,26)(H,24,25). The fourth-order valence-corrected chi connectivity index (χ4v) is 3.96. The summed E-state index contributed by atoms with van der Waals surface area (Å²) in [7, 11) is 0. The molecule has 0 aromatic heterocycles. The molecule has 0 bridgehead atoms. The molecule has 26 heavy (non-hydrogen) atoms. The second-order valence-corrected chi connectivity index (χ2v) is 7.44. The van der Waals surface area contributed by atoms with Crippen LogP contribution in [0.2, 0.25) is 0 Å². The Morgan fingerprint density at radius 2 is 2.00 bits per heavy atom. The molecule has 1 amide bonds. The number of aliphatic carboxylic acids is 1. The molecule has 2 fully saturated rings. The van der Waals surface area contributed by atoms with Gasteiger partial charge in [-0.25, -0.2) is 0 Å². The van der Waals surface area contributed by atoms with Crippen LogP contribution < -0.4 is 5.32 Å². The van der Waals surface area contributed by atoms with Crippen molar-refractivity contribution in [1.29, 1.82) is 0 Å². The van der Waals surface area contributed by atoms with Gasteiger partial charge in [0.2, 0.25) is 0 Å². The van der Waals surface area contributed by atoms with E-state index in [9.17, 15) is 9.59 Å². The average molecular weight is 359 g/mol. The highest BCUT2D eigenvalue weighted by Crippen LogP contribution is 2.26. The van der Waals surface area contributed by atoms with Crippen LogP contribution in [0.1, 0.15) is 48.5 Å². The molecule has 1 aliphatic heterocycles. The fraction of sp³-hybridized carbons (Fsp3) is 0.600. The van der Waals surface area contributed by atoms with Crippen molar-refractivity contribution in [2.75, 3.05) is 26.2 Å². The lowest BCUT2D eigenvalue weighted by molar-refractivity contribution is -0.139. The van der Waals surface area contributed by atoms with Gasteiger partial charge >= 0.3 is 5.97 Å². The fourth-order valence-electron chi connectivity index (χ4n) is 3.96. The summed E-state index contributed by atoms with van der Waals surface area (Å²) in [6.45, 7) is 5.96. The van der Waals surface area contributed by atoms with Crippen LogP contribution in [0.25, 0.3) is 0 Å². The number of carbonyl (C=O) groups excluding carboxylic acids is 1. The number of hydrogen-bond acceptors (Lipinski definition) is 4. The van der Waals surface area contributed by atoms with E-state index in [-0.39, 0.29) is 24.5 Å². The van der Waals surface area contributed by atoms with E-state index in [2.05, 4.69) is 16.3 Å². The number of carboxylic acids is 1. The SMILES string of the molecule is CCN(CC(=O)O)C1CC(NC(=O)c2cccc(CN3CCCC3)c2)C1. The zero-order chi connectivity index (χ0) is 18.5. The average Bonchev–Trinajstić information content (AvgIpc) is 3.08. The van der Waals surface area contributed by atoms with Crippen molar-refractivity contribution in [1.82, 2.24) is 15.1 Å². The molecule has 1 heterocycles. The molecule has 3 rings (SSSR count). The normalized spacial score (nSPS) is 23.0. The lowest BCUT2D eigenvalue weighted by Crippen LogP contribution is -2.54. The van der Waals surface area contributed by atoms with E-state index < -0.39 is 5.97 Å². The third-order valence-corrected chi connectivity index (χ3v) is 5.50. The van der Waals surface area contributed by atoms with Gasteiger partial charge in [-0.3, -0.25) is 19.4 Å². The first-order valence-electron chi connectivity index (χ1n) is 9.63. The van der Waals surface area contributed by atoms with Crippen molar-refractivity contribution in [2.45, 2.75) is 51.2 Å². The number of nitrogens with one attached hydrogen (secondary N) is 1. The Morgan fingerprint density at radius 3 is 2.65 bits per heavy atom. The van der Waals surface area contributed by atoms with Gasteiger partial charge in [0.15, 0.2) is 0 Å². The number of carboxylic acid groups (broad SMARTS) is 1. The summed E-state index contributed by atoms with van der Waals surface area (Å²) in [4.78, 5) is 27.8. The highest BCUT2D eigenvalue weighted by Gasteiger charge is 2.34. The van der Waals surface area contributed by atoms with Crippen molar-refractivity contribution in [3.05, 3.63) is 35.4 Å². The smallest absolute Gasteiger partial charge is 0.317 e. The maximum Gasteiger partial charge on any atom is 0.317 e. The summed E-state index contributed by atoms with van der Waals surface area (Å²) in [5.74, 6) is -0.827. The molecule has 2 N–H and O–H groups in total. The minimum absolute atomic E-state index is 0.0296. The molecule has 0 radical (unpaired) electrons. The Bertz CT molecular complexity index is 637. The minimum atomic E-state index is -0.797. The van der Waals surface area contributed by atoms with Crippen LogP contribution in [0.4, 0.5) is 0 Å². The predicted molar refractivity (Wildman–Crippen MR) is 100 cm³/mol. The van der Waals surface area contributed by atoms with Gasteiger partial charge in [-0.05, 0) is 63.0 Å². The van der Waals surface area contributed by atoms with E-state index in [0.29, 0.717) is 5.56 Å². The Hall–Kier alpha value is -1.92. The van der Waals surface area contributed by atoms with Crippen LogP contribution in [0.15, 0.2) is 24.3 Å². The maximum atomic E-state index is 12.5. The summed E-state index contributed by atoms with van der Waals surface area (Å²) in [6.07, 6.45) is 4.17. The topological polar surface area (TPSA) is 72.9 Å². The largest absolute Gasteiger partial charge is 0.480 e. The van der Waals surface area contributed by atoms with Crippen molar-refractivity contribution < 1.29 is 14.7 Å². The van der Waals surface area contributed by atoms with E-state index in [4.69, 9.17) is 5.11 Å². The van der Waals surface area contributed by atoms with Gasteiger partial charge in [0, 0.05) is 24.2 Å². The summed E-state index contributed by atoms with van der Waals surface area (Å²) in [5.41, 5.74) is 1.90. The highest BCUT2D eigenvalue weighted by molar-refractivity contribution is 5.94. The molecule has 1 aromatic rings. The van der Waals surface area contributed by atoms with E-state index in [1.165, 1.54) is 18.4 Å². The van der Waals surface area contributed by atoms with Gasteiger partial charge in [-0.2, -0.15) is 0 Å². The first-order chi connectivity index (χ1) is 12.5. The van der Waals surface area contributed by atoms with E-state index in [1.54, 1.807) is 0 Å². The molecule has 1 aromatic carbocycles. The van der Waals surface area contributed by atoms with Gasteiger partial charge in [-0.1, -0.05) is 19.1 Å². The molecule has 0 spiro atoms. The second-order valence-electron chi connectivity index (χ2n) is 7.44. The van der Waals surface area contributed by atoms with Gasteiger partial charge in [-0.15, -0.1) is 0 Å². The maximum absolute atomic E-state index is 12.5. The van der Waals surface area contributed by atoms with Crippen LogP contribution in [-0.4, -0.2) is 65.0 Å². The molecule has 1 aliphatic carbocycles. The van der Waals surface area contributed by atoms with Crippen molar-refractivity contribution in [3.8, 4) is 0 Å². The number of nitrogens with zero attached hydrogens (tertiary/aromatic N) is 2. The molecule has 142 valence electrons. The lowest BCUT2D eigenvalue weighted by atomic mass is 9.85. The summed E-state index contributed by atoms with van der Waals surface area (Å²) >= 11 is 0. The van der Waals surface area contributed by atoms with Crippen LogP contribution >= 0.6 is 0 Å². The molecular formula is C20H29N3O3. The van der Waals surface area contributed by atoms with Crippen LogP contribution in [0.3, 0.4) is 0 Å². The summed E-state index contributed by atoms with van der Waals surface area (Å²) < 4.78 is 0. The number of benzene rings is 1. The first kappa shape index (κ1) is 18.9. The van der Waals surface area contributed by atoms with Gasteiger partial charge in [0.25, 0.3) is 5.91 Å². The van der Waals surface area contributed by atoms with E-state index >= 15 is 0 Å². The zero-order valence-electron chi connectivity index (χ0n) is 15.5. The van der Waals surface area contributed by atoms with E-state index in [0.717, 1.165) is 39.0 Å². The second kappa shape index (κ2) is 8.64. The third kappa shape index (κ3) is 4.83. The monoisotopic (exact) mass is 359 g/mol. The minimum Gasteiger partial charge on any atom is -0.480 e. The summed E-state index contributed by atoms with van der Waals surface area (Å²) in [6, 6.07) is 8.28. The van der Waals surface area contributed by atoms with Crippen LogP contribution in [-0.2, 0) is 11.3 Å². The molecule has 0 unspecified atom stereocenters. The number of likely N-dealkylation sites (N-methyl/N-ethyl adjacent to an activating group) is 1. The zero-order valence-corrected chi connectivity index (χ0v) is 15.5. The van der Waals surface area contributed by atoms with Gasteiger partial charge < -0.3 is 10.4 Å². The van der Waals surface area contributed by atoms with Crippen LogP contribution in [0, 0.1) is 0 Å². The Kier molecular flexibility index (Phi) is 6.27. The Balaban J connectivity index is 1.49. The molecule has 6 nitrogen and oxygen atoms in total. The highest BCUT2D eigenvalue weighted by atomic mass is 16.4. The molecule has 1 saturated heterocycles. The van der Waals surface area contributed by atoms with Crippen molar-refractivity contribution in [2.24, 2.45) is 0 Å². The number of carbonyl (C=O) groups is 2. The number of likely N-dealkylation sites (tertiary alicyclic amines) is 1. The molecular weight excluding hydrogens is 330 g/mol. The first-order valence-corrected chi connectivity index (χ1v) is 9.63. The van der Waals surface area contributed by atoms with Crippen LogP contribution in [0.5, 0.6) is 0 Å². The van der Waals surface area contributed by atoms with E-state index in [1.807, 2.05) is 30.0 Å². The van der Waals surface area contributed by atoms with Crippen molar-refractivity contribution >= 4 is 11.9 Å². The molecule has 0 atom stereocenters. The lowest BCUT2D eigenvalue weighted by Gasteiger charge is -2.42. The quantitative estimate of drug-likeness (QED) is 0.742. The Morgan fingerprint density at radius 1 is 1.27 bits per heavy atom. The molecule has 6 heteroatoms.